The summed E-state index contributed by atoms with van der Waals surface area (Å²) < 4.78 is 11.3. The summed E-state index contributed by atoms with van der Waals surface area (Å²) in [5.41, 5.74) is 0.809. The van der Waals surface area contributed by atoms with Crippen LogP contribution in [0.3, 0.4) is 0 Å². The molecule has 0 amide bonds. The molecule has 2 N–H and O–H groups in total. The number of nitrogens with zero attached hydrogens (tertiary/aromatic N) is 1. The SMILES string of the molecule is O=c1[nH]cnc(NCc2cccc3c2OCO3)c1I. The van der Waals surface area contributed by atoms with Gasteiger partial charge in [0.05, 0.1) is 6.33 Å². The number of aromatic amines is 1. The number of rotatable bonds is 3. The number of nitrogens with one attached hydrogen (secondary N) is 2. The number of aromatic nitrogens is 2. The highest BCUT2D eigenvalue weighted by atomic mass is 127. The summed E-state index contributed by atoms with van der Waals surface area (Å²) in [6, 6.07) is 5.71. The second-order valence-electron chi connectivity index (χ2n) is 3.90. The van der Waals surface area contributed by atoms with Crippen LogP contribution in [0.2, 0.25) is 0 Å². The first-order valence-electron chi connectivity index (χ1n) is 5.60. The van der Waals surface area contributed by atoms with E-state index in [9.17, 15) is 4.79 Å². The van der Waals surface area contributed by atoms with Gasteiger partial charge in [0, 0.05) is 12.1 Å². The second-order valence-corrected chi connectivity index (χ2v) is 4.98. The van der Waals surface area contributed by atoms with Crippen LogP contribution in [0.5, 0.6) is 11.5 Å². The quantitative estimate of drug-likeness (QED) is 0.804. The molecule has 0 radical (unpaired) electrons. The van der Waals surface area contributed by atoms with Gasteiger partial charge >= 0.3 is 0 Å². The van der Waals surface area contributed by atoms with Crippen LogP contribution < -0.4 is 20.3 Å². The van der Waals surface area contributed by atoms with Crippen LogP contribution in [0.15, 0.2) is 29.3 Å². The molecule has 2 aromatic rings. The number of anilines is 1. The number of fused-ring (bicyclic) bond motifs is 1. The number of hydrogen-bond donors (Lipinski definition) is 2. The van der Waals surface area contributed by atoms with E-state index in [4.69, 9.17) is 9.47 Å². The predicted molar refractivity (Wildman–Crippen MR) is 77.5 cm³/mol. The average molecular weight is 371 g/mol. The van der Waals surface area contributed by atoms with Crippen molar-refractivity contribution in [3.05, 3.63) is 44.0 Å². The largest absolute Gasteiger partial charge is 0.454 e. The first-order chi connectivity index (χ1) is 9.25. The molecule has 2 heterocycles. The number of halogens is 1. The van der Waals surface area contributed by atoms with Gasteiger partial charge in [0.15, 0.2) is 11.5 Å². The summed E-state index contributed by atoms with van der Waals surface area (Å²) in [6.45, 7) is 0.756. The van der Waals surface area contributed by atoms with Crippen LogP contribution in [0, 0.1) is 3.57 Å². The Morgan fingerprint density at radius 1 is 1.42 bits per heavy atom. The lowest BCUT2D eigenvalue weighted by Crippen LogP contribution is -2.14. The zero-order chi connectivity index (χ0) is 13.2. The van der Waals surface area contributed by atoms with Crippen LogP contribution in [0.25, 0.3) is 0 Å². The van der Waals surface area contributed by atoms with Crippen molar-refractivity contribution in [3.8, 4) is 11.5 Å². The fourth-order valence-electron chi connectivity index (χ4n) is 1.82. The molecule has 98 valence electrons. The maximum absolute atomic E-state index is 11.5. The van der Waals surface area contributed by atoms with E-state index in [0.717, 1.165) is 17.1 Å². The van der Waals surface area contributed by atoms with E-state index in [-0.39, 0.29) is 12.4 Å². The van der Waals surface area contributed by atoms with Gasteiger partial charge in [-0.05, 0) is 28.7 Å². The molecular weight excluding hydrogens is 361 g/mol. The highest BCUT2D eigenvalue weighted by Gasteiger charge is 2.17. The Hall–Kier alpha value is -1.77. The van der Waals surface area contributed by atoms with Gasteiger partial charge < -0.3 is 19.8 Å². The van der Waals surface area contributed by atoms with Crippen molar-refractivity contribution < 1.29 is 9.47 Å². The van der Waals surface area contributed by atoms with E-state index >= 15 is 0 Å². The summed E-state index contributed by atoms with van der Waals surface area (Å²) in [6.07, 6.45) is 1.38. The zero-order valence-corrected chi connectivity index (χ0v) is 11.9. The van der Waals surface area contributed by atoms with Gasteiger partial charge in [-0.3, -0.25) is 4.79 Å². The second kappa shape index (κ2) is 5.08. The van der Waals surface area contributed by atoms with Crippen molar-refractivity contribution in [2.45, 2.75) is 6.54 Å². The number of ether oxygens (including phenoxy) is 2. The fourth-order valence-corrected chi connectivity index (χ4v) is 2.30. The smallest absolute Gasteiger partial charge is 0.266 e. The monoisotopic (exact) mass is 371 g/mol. The van der Waals surface area contributed by atoms with Gasteiger partial charge in [-0.25, -0.2) is 4.98 Å². The third-order valence-corrected chi connectivity index (χ3v) is 3.72. The third-order valence-electron chi connectivity index (χ3n) is 2.72. The summed E-state index contributed by atoms with van der Waals surface area (Å²) >= 11 is 1.96. The van der Waals surface area contributed by atoms with E-state index in [1.165, 1.54) is 6.33 Å². The van der Waals surface area contributed by atoms with Crippen molar-refractivity contribution in [2.24, 2.45) is 0 Å². The Balaban J connectivity index is 1.82. The van der Waals surface area contributed by atoms with Crippen molar-refractivity contribution >= 4 is 28.4 Å². The Labute approximate surface area is 122 Å². The van der Waals surface area contributed by atoms with E-state index < -0.39 is 0 Å². The Morgan fingerprint density at radius 3 is 3.21 bits per heavy atom. The van der Waals surface area contributed by atoms with Gasteiger partial charge in [0.1, 0.15) is 9.39 Å². The minimum atomic E-state index is -0.157. The van der Waals surface area contributed by atoms with Crippen LogP contribution in [-0.4, -0.2) is 16.8 Å². The molecule has 0 spiro atoms. The highest BCUT2D eigenvalue weighted by Crippen LogP contribution is 2.35. The molecular formula is C12H10IN3O3. The highest BCUT2D eigenvalue weighted by molar-refractivity contribution is 14.1. The lowest BCUT2D eigenvalue weighted by Gasteiger charge is -2.08. The van der Waals surface area contributed by atoms with Crippen LogP contribution >= 0.6 is 22.6 Å². The molecule has 0 aliphatic carbocycles. The average Bonchev–Trinajstić information content (AvgIpc) is 2.89. The third kappa shape index (κ3) is 2.37. The first kappa shape index (κ1) is 12.3. The fraction of sp³-hybridized carbons (Fsp3) is 0.167. The van der Waals surface area contributed by atoms with E-state index in [2.05, 4.69) is 15.3 Å². The maximum atomic E-state index is 11.5. The van der Waals surface area contributed by atoms with Crippen LogP contribution in [0.1, 0.15) is 5.56 Å². The summed E-state index contributed by atoms with van der Waals surface area (Å²) in [5.74, 6) is 2.04. The van der Waals surface area contributed by atoms with Crippen LogP contribution in [0.4, 0.5) is 5.82 Å². The van der Waals surface area contributed by atoms with Crippen molar-refractivity contribution in [1.29, 1.82) is 0 Å². The number of hydrogen-bond acceptors (Lipinski definition) is 5. The molecule has 0 atom stereocenters. The molecule has 0 fully saturated rings. The van der Waals surface area contributed by atoms with Gasteiger partial charge in [-0.2, -0.15) is 0 Å². The summed E-state index contributed by atoms with van der Waals surface area (Å²) in [5, 5.41) is 3.13. The minimum Gasteiger partial charge on any atom is -0.454 e. The number of H-pyrrole nitrogens is 1. The molecule has 3 rings (SSSR count). The first-order valence-corrected chi connectivity index (χ1v) is 6.68. The molecule has 1 aromatic carbocycles. The van der Waals surface area contributed by atoms with Gasteiger partial charge in [0.25, 0.3) is 5.56 Å². The Kier molecular flexibility index (Phi) is 3.28. The Bertz CT molecular complexity index is 672. The standard InChI is InChI=1S/C12H10IN3O3/c13-9-11(15-5-16-12(9)17)14-4-7-2-1-3-8-10(7)19-6-18-8/h1-3,5H,4,6H2,(H2,14,15,16,17). The molecule has 19 heavy (non-hydrogen) atoms. The summed E-state index contributed by atoms with van der Waals surface area (Å²) in [7, 11) is 0. The number of para-hydroxylation sites is 1. The van der Waals surface area contributed by atoms with Crippen molar-refractivity contribution in [1.82, 2.24) is 9.97 Å². The normalized spacial score (nSPS) is 12.5. The molecule has 0 unspecified atom stereocenters. The zero-order valence-electron chi connectivity index (χ0n) is 9.77. The van der Waals surface area contributed by atoms with E-state index in [1.807, 2.05) is 40.8 Å². The maximum Gasteiger partial charge on any atom is 0.266 e. The molecule has 1 aliphatic heterocycles. The minimum absolute atomic E-state index is 0.157. The molecule has 6 nitrogen and oxygen atoms in total. The van der Waals surface area contributed by atoms with E-state index in [0.29, 0.717) is 15.9 Å². The van der Waals surface area contributed by atoms with Gasteiger partial charge in [-0.1, -0.05) is 12.1 Å². The summed E-state index contributed by atoms with van der Waals surface area (Å²) in [4.78, 5) is 18.1. The van der Waals surface area contributed by atoms with Crippen molar-refractivity contribution in [3.63, 3.8) is 0 Å². The van der Waals surface area contributed by atoms with Crippen LogP contribution in [-0.2, 0) is 6.54 Å². The molecule has 1 aliphatic rings. The molecule has 1 aromatic heterocycles. The van der Waals surface area contributed by atoms with E-state index in [1.54, 1.807) is 0 Å². The Morgan fingerprint density at radius 2 is 2.32 bits per heavy atom. The van der Waals surface area contributed by atoms with Crippen molar-refractivity contribution in [2.75, 3.05) is 12.1 Å². The lowest BCUT2D eigenvalue weighted by molar-refractivity contribution is 0.173. The molecule has 0 saturated heterocycles. The lowest BCUT2D eigenvalue weighted by atomic mass is 10.2. The predicted octanol–water partition coefficient (Wildman–Crippen LogP) is 1.72. The topological polar surface area (TPSA) is 76.2 Å². The number of benzene rings is 1. The van der Waals surface area contributed by atoms with Gasteiger partial charge in [0.2, 0.25) is 6.79 Å². The molecule has 7 heteroatoms. The molecule has 0 saturated carbocycles. The molecule has 0 bridgehead atoms. The van der Waals surface area contributed by atoms with Gasteiger partial charge in [-0.15, -0.1) is 0 Å².